The van der Waals surface area contributed by atoms with Gasteiger partial charge in [0.2, 0.25) is 0 Å². The third-order valence-corrected chi connectivity index (χ3v) is 1.09. The van der Waals surface area contributed by atoms with Gasteiger partial charge in [-0.25, -0.2) is 17.6 Å². The Hall–Kier alpha value is -0.320. The second-order valence-electron chi connectivity index (χ2n) is 2.39. The van der Waals surface area contributed by atoms with Crippen LogP contribution in [0.1, 0.15) is 13.8 Å². The van der Waals surface area contributed by atoms with Crippen molar-refractivity contribution in [1.82, 2.24) is 0 Å². The molecule has 0 bridgehead atoms. The largest absolute Gasteiger partial charge is 0.318 e. The van der Waals surface area contributed by atoms with Crippen LogP contribution in [0.15, 0.2) is 0 Å². The van der Waals surface area contributed by atoms with E-state index in [2.05, 4.69) is 5.73 Å². The summed E-state index contributed by atoms with van der Waals surface area (Å²) in [5.74, 6) is -7.06. The Morgan fingerprint density at radius 1 is 1.00 bits per heavy atom. The lowest BCUT2D eigenvalue weighted by molar-refractivity contribution is -0.111. The van der Waals surface area contributed by atoms with Crippen molar-refractivity contribution >= 4 is 0 Å². The van der Waals surface area contributed by atoms with Crippen molar-refractivity contribution in [3.63, 3.8) is 0 Å². The molecule has 0 spiro atoms. The first kappa shape index (κ1) is 9.68. The molecule has 0 fully saturated rings. The molecule has 0 unspecified atom stereocenters. The van der Waals surface area contributed by atoms with Gasteiger partial charge < -0.3 is 5.73 Å². The number of hydrogen-bond donors (Lipinski definition) is 1. The Labute approximate surface area is 56.2 Å². The summed E-state index contributed by atoms with van der Waals surface area (Å²) in [7, 11) is 0. The zero-order valence-corrected chi connectivity index (χ0v) is 5.67. The molecule has 10 heavy (non-hydrogen) atoms. The summed E-state index contributed by atoms with van der Waals surface area (Å²) in [6.45, 7) is 0.740. The van der Waals surface area contributed by atoms with Gasteiger partial charge in [0.15, 0.2) is 0 Å². The fourth-order valence-corrected chi connectivity index (χ4v) is 0.445. The highest BCUT2D eigenvalue weighted by molar-refractivity contribution is 4.85. The van der Waals surface area contributed by atoms with E-state index >= 15 is 0 Å². The summed E-state index contributed by atoms with van der Waals surface area (Å²) in [5, 5.41) is 0. The SMILES string of the molecule is CC(F)(F)C(N)C(C)(F)F. The standard InChI is InChI=1S/C5H9F4N/c1-4(6,7)3(10)5(2,8)9/h3H,10H2,1-2H3. The zero-order chi connectivity index (χ0) is 8.58. The van der Waals surface area contributed by atoms with Gasteiger partial charge in [-0.3, -0.25) is 0 Å². The molecule has 1 nitrogen and oxygen atoms in total. The van der Waals surface area contributed by atoms with Crippen LogP contribution < -0.4 is 5.73 Å². The average Bonchev–Trinajstić information content (AvgIpc) is 1.59. The van der Waals surface area contributed by atoms with Crippen molar-refractivity contribution in [2.75, 3.05) is 0 Å². The number of nitrogens with two attached hydrogens (primary N) is 1. The first-order chi connectivity index (χ1) is 4.15. The fraction of sp³-hybridized carbons (Fsp3) is 1.00. The van der Waals surface area contributed by atoms with E-state index in [1.54, 1.807) is 0 Å². The van der Waals surface area contributed by atoms with Gasteiger partial charge in [0, 0.05) is 13.8 Å². The minimum atomic E-state index is -3.53. The van der Waals surface area contributed by atoms with Crippen molar-refractivity contribution < 1.29 is 17.6 Å². The number of hydrogen-bond acceptors (Lipinski definition) is 1. The van der Waals surface area contributed by atoms with Crippen LogP contribution in [0.2, 0.25) is 0 Å². The molecule has 62 valence electrons. The van der Waals surface area contributed by atoms with Crippen LogP contribution in [0.4, 0.5) is 17.6 Å². The van der Waals surface area contributed by atoms with Crippen LogP contribution in [0.25, 0.3) is 0 Å². The molecule has 0 aromatic rings. The van der Waals surface area contributed by atoms with Crippen LogP contribution in [-0.4, -0.2) is 17.9 Å². The van der Waals surface area contributed by atoms with E-state index in [1.807, 2.05) is 0 Å². The maximum atomic E-state index is 12.0. The van der Waals surface area contributed by atoms with Gasteiger partial charge in [0.05, 0.1) is 0 Å². The highest BCUT2D eigenvalue weighted by Gasteiger charge is 2.45. The summed E-state index contributed by atoms with van der Waals surface area (Å²) in [4.78, 5) is 0. The Kier molecular flexibility index (Phi) is 2.30. The molecule has 0 aromatic heterocycles. The second-order valence-corrected chi connectivity index (χ2v) is 2.39. The van der Waals surface area contributed by atoms with E-state index < -0.39 is 17.9 Å². The normalized spacial score (nSPS) is 14.4. The van der Waals surface area contributed by atoms with Crippen molar-refractivity contribution in [3.05, 3.63) is 0 Å². The average molecular weight is 159 g/mol. The van der Waals surface area contributed by atoms with Gasteiger partial charge in [-0.1, -0.05) is 0 Å². The third kappa shape index (κ3) is 2.51. The van der Waals surface area contributed by atoms with E-state index in [9.17, 15) is 17.6 Å². The Morgan fingerprint density at radius 2 is 1.20 bits per heavy atom. The van der Waals surface area contributed by atoms with Crippen molar-refractivity contribution in [2.24, 2.45) is 5.73 Å². The van der Waals surface area contributed by atoms with Gasteiger partial charge in [-0.15, -0.1) is 0 Å². The number of halogens is 4. The Morgan fingerprint density at radius 3 is 1.20 bits per heavy atom. The molecule has 0 amide bonds. The smallest absolute Gasteiger partial charge is 0.266 e. The minimum Gasteiger partial charge on any atom is -0.318 e. The summed E-state index contributed by atoms with van der Waals surface area (Å²) in [6.07, 6.45) is 0. The monoisotopic (exact) mass is 159 g/mol. The van der Waals surface area contributed by atoms with Crippen molar-refractivity contribution in [1.29, 1.82) is 0 Å². The van der Waals surface area contributed by atoms with E-state index in [4.69, 9.17) is 0 Å². The molecule has 0 heterocycles. The van der Waals surface area contributed by atoms with Gasteiger partial charge in [0.1, 0.15) is 6.04 Å². The number of rotatable bonds is 2. The molecule has 0 saturated carbocycles. The summed E-state index contributed by atoms with van der Waals surface area (Å²) in [5.41, 5.74) is 4.53. The predicted molar refractivity (Wildman–Crippen MR) is 29.2 cm³/mol. The van der Waals surface area contributed by atoms with Gasteiger partial charge in [-0.2, -0.15) is 0 Å². The maximum Gasteiger partial charge on any atom is 0.266 e. The van der Waals surface area contributed by atoms with E-state index in [-0.39, 0.29) is 0 Å². The quantitative estimate of drug-likeness (QED) is 0.609. The molecule has 0 aromatic carbocycles. The first-order valence-corrected chi connectivity index (χ1v) is 2.67. The van der Waals surface area contributed by atoms with E-state index in [1.165, 1.54) is 0 Å². The molecular weight excluding hydrogens is 150 g/mol. The predicted octanol–water partition coefficient (Wildman–Crippen LogP) is 1.62. The van der Waals surface area contributed by atoms with Crippen LogP contribution in [0.3, 0.4) is 0 Å². The van der Waals surface area contributed by atoms with Gasteiger partial charge in [-0.05, 0) is 0 Å². The highest BCUT2D eigenvalue weighted by Crippen LogP contribution is 2.27. The molecular formula is C5H9F4N. The van der Waals surface area contributed by atoms with Crippen LogP contribution in [0, 0.1) is 0 Å². The van der Waals surface area contributed by atoms with Crippen LogP contribution in [0.5, 0.6) is 0 Å². The first-order valence-electron chi connectivity index (χ1n) is 2.67. The molecule has 0 aliphatic heterocycles. The summed E-state index contributed by atoms with van der Waals surface area (Å²) < 4.78 is 48.0. The summed E-state index contributed by atoms with van der Waals surface area (Å²) >= 11 is 0. The van der Waals surface area contributed by atoms with Gasteiger partial charge >= 0.3 is 0 Å². The minimum absolute atomic E-state index is 0.370. The lowest BCUT2D eigenvalue weighted by Gasteiger charge is -2.24. The topological polar surface area (TPSA) is 26.0 Å². The Bertz CT molecular complexity index is 97.8. The maximum absolute atomic E-state index is 12.0. The molecule has 0 radical (unpaired) electrons. The molecule has 0 aliphatic rings. The molecule has 0 atom stereocenters. The third-order valence-electron chi connectivity index (χ3n) is 1.09. The fourth-order valence-electron chi connectivity index (χ4n) is 0.445. The molecule has 0 saturated heterocycles. The molecule has 0 aliphatic carbocycles. The lowest BCUT2D eigenvalue weighted by atomic mass is 10.1. The summed E-state index contributed by atoms with van der Waals surface area (Å²) in [6, 6.07) is -2.40. The number of alkyl halides is 4. The zero-order valence-electron chi connectivity index (χ0n) is 5.67. The van der Waals surface area contributed by atoms with Gasteiger partial charge in [0.25, 0.3) is 11.8 Å². The van der Waals surface area contributed by atoms with E-state index in [0.29, 0.717) is 13.8 Å². The Balaban J connectivity index is 4.23. The molecule has 2 N–H and O–H groups in total. The van der Waals surface area contributed by atoms with Crippen molar-refractivity contribution in [2.45, 2.75) is 31.7 Å². The highest BCUT2D eigenvalue weighted by atomic mass is 19.3. The van der Waals surface area contributed by atoms with Crippen LogP contribution in [-0.2, 0) is 0 Å². The molecule has 0 rings (SSSR count). The van der Waals surface area contributed by atoms with Crippen molar-refractivity contribution in [3.8, 4) is 0 Å². The van der Waals surface area contributed by atoms with Crippen LogP contribution >= 0.6 is 0 Å². The molecule has 5 heteroatoms. The second kappa shape index (κ2) is 2.38. The van der Waals surface area contributed by atoms with E-state index in [0.717, 1.165) is 0 Å². The lowest BCUT2D eigenvalue weighted by Crippen LogP contribution is -2.50.